The summed E-state index contributed by atoms with van der Waals surface area (Å²) in [6, 6.07) is 0.571. The number of thioether (sulfide) groups is 1. The third-order valence-corrected chi connectivity index (χ3v) is 6.38. The summed E-state index contributed by atoms with van der Waals surface area (Å²) in [5, 5.41) is 12.7. The van der Waals surface area contributed by atoms with Crippen molar-refractivity contribution in [3.8, 4) is 0 Å². The number of carbonyl (C=O) groups is 1. The molecule has 1 N–H and O–H groups in total. The molecule has 3 aliphatic carbocycles. The number of nitrogens with one attached hydrogen (secondary N) is 1. The summed E-state index contributed by atoms with van der Waals surface area (Å²) >= 11 is 1.56. The molecule has 1 aromatic heterocycles. The van der Waals surface area contributed by atoms with Crippen molar-refractivity contribution >= 4 is 17.7 Å². The molecule has 1 atom stereocenters. The maximum absolute atomic E-state index is 12.4. The number of allylic oxidation sites excluding steroid dienone is 1. The number of nitrogens with zero attached hydrogens (tertiary/aromatic N) is 3. The summed E-state index contributed by atoms with van der Waals surface area (Å²) < 4.78 is 2.32. The second-order valence-corrected chi connectivity index (χ2v) is 8.93. The lowest BCUT2D eigenvalue weighted by Crippen LogP contribution is -2.32. The third kappa shape index (κ3) is 4.27. The van der Waals surface area contributed by atoms with Crippen LogP contribution in [0.25, 0.3) is 0 Å². The third-order valence-electron chi connectivity index (χ3n) is 5.33. The molecule has 2 saturated carbocycles. The van der Waals surface area contributed by atoms with Crippen LogP contribution in [-0.4, -0.2) is 32.5 Å². The zero-order valence-electron chi connectivity index (χ0n) is 15.0. The van der Waals surface area contributed by atoms with Crippen LogP contribution in [0.15, 0.2) is 16.8 Å². The van der Waals surface area contributed by atoms with Crippen LogP contribution < -0.4 is 5.32 Å². The first kappa shape index (κ1) is 17.1. The van der Waals surface area contributed by atoms with E-state index in [0.717, 1.165) is 23.9 Å². The van der Waals surface area contributed by atoms with E-state index in [1.807, 2.05) is 6.92 Å². The highest BCUT2D eigenvalue weighted by atomic mass is 32.2. The summed E-state index contributed by atoms with van der Waals surface area (Å²) in [5.41, 5.74) is 1.51. The van der Waals surface area contributed by atoms with Crippen LogP contribution in [0.5, 0.6) is 0 Å². The number of carbonyl (C=O) groups excluding carboxylic acids is 1. The van der Waals surface area contributed by atoms with E-state index in [4.69, 9.17) is 0 Å². The number of amides is 1. The Morgan fingerprint density at radius 1 is 1.32 bits per heavy atom. The topological polar surface area (TPSA) is 59.8 Å². The Hall–Kier alpha value is -1.30. The predicted molar refractivity (Wildman–Crippen MR) is 99.8 cm³/mol. The summed E-state index contributed by atoms with van der Waals surface area (Å²) in [5.74, 6) is 1.87. The van der Waals surface area contributed by atoms with E-state index in [0.29, 0.717) is 12.0 Å². The molecule has 1 amide bonds. The van der Waals surface area contributed by atoms with E-state index >= 15 is 0 Å². The van der Waals surface area contributed by atoms with Gasteiger partial charge in [-0.2, -0.15) is 0 Å². The molecule has 0 aromatic carbocycles. The van der Waals surface area contributed by atoms with Gasteiger partial charge in [0.25, 0.3) is 0 Å². The van der Waals surface area contributed by atoms with Crippen molar-refractivity contribution in [3.63, 3.8) is 0 Å². The van der Waals surface area contributed by atoms with Gasteiger partial charge >= 0.3 is 0 Å². The van der Waals surface area contributed by atoms with E-state index in [2.05, 4.69) is 26.2 Å². The smallest absolute Gasteiger partial charge is 0.233 e. The molecule has 2 fully saturated rings. The Morgan fingerprint density at radius 2 is 2.16 bits per heavy atom. The van der Waals surface area contributed by atoms with Gasteiger partial charge in [-0.05, 0) is 64.7 Å². The molecule has 5 nitrogen and oxygen atoms in total. The number of rotatable bonds is 8. The van der Waals surface area contributed by atoms with Gasteiger partial charge in [-0.1, -0.05) is 23.4 Å². The van der Waals surface area contributed by atoms with Gasteiger partial charge in [0.1, 0.15) is 5.82 Å². The fourth-order valence-electron chi connectivity index (χ4n) is 3.50. The molecule has 0 unspecified atom stereocenters. The van der Waals surface area contributed by atoms with Gasteiger partial charge in [-0.3, -0.25) is 4.79 Å². The van der Waals surface area contributed by atoms with Gasteiger partial charge < -0.3 is 9.88 Å². The first-order chi connectivity index (χ1) is 12.2. The van der Waals surface area contributed by atoms with Crippen LogP contribution in [0.2, 0.25) is 0 Å². The Kier molecular flexibility index (Phi) is 5.15. The van der Waals surface area contributed by atoms with Crippen LogP contribution in [0.1, 0.15) is 82.5 Å². The van der Waals surface area contributed by atoms with E-state index in [9.17, 15) is 4.79 Å². The molecule has 4 rings (SSSR count). The van der Waals surface area contributed by atoms with Gasteiger partial charge in [0.2, 0.25) is 5.91 Å². The van der Waals surface area contributed by atoms with Crippen LogP contribution in [0.3, 0.4) is 0 Å². The molecule has 0 saturated heterocycles. The number of aromatic nitrogens is 3. The lowest BCUT2D eigenvalue weighted by molar-refractivity contribution is -0.120. The zero-order chi connectivity index (χ0) is 17.2. The van der Waals surface area contributed by atoms with Gasteiger partial charge in [0.05, 0.1) is 5.25 Å². The molecule has 1 aromatic rings. The molecular formula is C19H28N4OS. The molecule has 0 bridgehead atoms. The van der Waals surface area contributed by atoms with Gasteiger partial charge in [0, 0.05) is 18.5 Å². The van der Waals surface area contributed by atoms with Crippen LogP contribution in [0, 0.1) is 0 Å². The Morgan fingerprint density at radius 3 is 2.84 bits per heavy atom. The van der Waals surface area contributed by atoms with Crippen molar-refractivity contribution in [2.75, 3.05) is 6.54 Å². The summed E-state index contributed by atoms with van der Waals surface area (Å²) in [4.78, 5) is 12.4. The van der Waals surface area contributed by atoms with Crippen molar-refractivity contribution in [2.24, 2.45) is 0 Å². The van der Waals surface area contributed by atoms with Gasteiger partial charge in [0.15, 0.2) is 5.16 Å². The largest absolute Gasteiger partial charge is 0.355 e. The van der Waals surface area contributed by atoms with Gasteiger partial charge in [-0.25, -0.2) is 0 Å². The minimum Gasteiger partial charge on any atom is -0.355 e. The highest BCUT2D eigenvalue weighted by molar-refractivity contribution is 8.00. The number of hydrogen-bond acceptors (Lipinski definition) is 4. The van der Waals surface area contributed by atoms with Crippen molar-refractivity contribution < 1.29 is 4.79 Å². The average Bonchev–Trinajstić information content (AvgIpc) is 3.55. The molecule has 0 radical (unpaired) electrons. The molecule has 6 heteroatoms. The lowest BCUT2D eigenvalue weighted by atomic mass is 9.97. The molecule has 1 heterocycles. The normalized spacial score (nSPS) is 21.7. The Balaban J connectivity index is 1.30. The summed E-state index contributed by atoms with van der Waals surface area (Å²) in [6.45, 7) is 2.72. The molecular weight excluding hydrogens is 332 g/mol. The minimum atomic E-state index is -0.130. The maximum Gasteiger partial charge on any atom is 0.233 e. The van der Waals surface area contributed by atoms with Crippen molar-refractivity contribution in [3.05, 3.63) is 17.5 Å². The quantitative estimate of drug-likeness (QED) is 0.563. The zero-order valence-corrected chi connectivity index (χ0v) is 15.9. The first-order valence-corrected chi connectivity index (χ1v) is 10.7. The average molecular weight is 361 g/mol. The van der Waals surface area contributed by atoms with Crippen molar-refractivity contribution in [2.45, 2.75) is 87.1 Å². The molecule has 25 heavy (non-hydrogen) atoms. The SMILES string of the molecule is C[C@H](Sc1nnc(C2CC2)n1C1CC1)C(=O)NCCC1=CCCCC1. The molecule has 0 aliphatic heterocycles. The Labute approximate surface area is 154 Å². The van der Waals surface area contributed by atoms with E-state index in [-0.39, 0.29) is 11.2 Å². The fourth-order valence-corrected chi connectivity index (χ4v) is 4.45. The standard InChI is InChI=1S/C19H28N4OS/c1-13(18(24)20-12-11-14-5-3-2-4-6-14)25-19-22-21-17(15-7-8-15)23(19)16-9-10-16/h5,13,15-16H,2-4,6-12H2,1H3,(H,20,24)/t13-/m0/s1. The monoisotopic (exact) mass is 360 g/mol. The van der Waals surface area contributed by atoms with Crippen molar-refractivity contribution in [1.29, 1.82) is 0 Å². The molecule has 0 spiro atoms. The number of hydrogen-bond donors (Lipinski definition) is 1. The van der Waals surface area contributed by atoms with E-state index in [1.165, 1.54) is 56.9 Å². The van der Waals surface area contributed by atoms with Crippen LogP contribution in [-0.2, 0) is 4.79 Å². The summed E-state index contributed by atoms with van der Waals surface area (Å²) in [7, 11) is 0. The van der Waals surface area contributed by atoms with E-state index < -0.39 is 0 Å². The first-order valence-electron chi connectivity index (χ1n) is 9.79. The van der Waals surface area contributed by atoms with Crippen LogP contribution in [0.4, 0.5) is 0 Å². The second kappa shape index (κ2) is 7.52. The van der Waals surface area contributed by atoms with Crippen LogP contribution >= 0.6 is 11.8 Å². The predicted octanol–water partition coefficient (Wildman–Crippen LogP) is 3.98. The summed E-state index contributed by atoms with van der Waals surface area (Å²) in [6.07, 6.45) is 13.3. The highest BCUT2D eigenvalue weighted by Gasteiger charge is 2.37. The van der Waals surface area contributed by atoms with E-state index in [1.54, 1.807) is 11.8 Å². The van der Waals surface area contributed by atoms with Crippen molar-refractivity contribution in [1.82, 2.24) is 20.1 Å². The second-order valence-electron chi connectivity index (χ2n) is 7.63. The minimum absolute atomic E-state index is 0.111. The fraction of sp³-hybridized carbons (Fsp3) is 0.737. The maximum atomic E-state index is 12.4. The molecule has 3 aliphatic rings. The lowest BCUT2D eigenvalue weighted by Gasteiger charge is -2.15. The van der Waals surface area contributed by atoms with Gasteiger partial charge in [-0.15, -0.1) is 10.2 Å². The highest BCUT2D eigenvalue weighted by Crippen LogP contribution is 2.46. The Bertz CT molecular complexity index is 660. The molecule has 136 valence electrons.